The molecule has 4 nitrogen and oxygen atoms in total. The molecule has 1 aromatic carbocycles. The van der Waals surface area contributed by atoms with E-state index in [9.17, 15) is 4.79 Å². The van der Waals surface area contributed by atoms with Gasteiger partial charge in [-0.25, -0.2) is 0 Å². The van der Waals surface area contributed by atoms with E-state index < -0.39 is 0 Å². The van der Waals surface area contributed by atoms with Crippen LogP contribution in [0.1, 0.15) is 29.8 Å². The van der Waals surface area contributed by atoms with Crippen LogP contribution in [0, 0.1) is 0 Å². The Hall–Kier alpha value is -1.39. The maximum atomic E-state index is 12.3. The Morgan fingerprint density at radius 2 is 2.11 bits per heavy atom. The summed E-state index contributed by atoms with van der Waals surface area (Å²) in [6, 6.07) is 8.30. The minimum atomic E-state index is 0.106. The molecule has 0 saturated carbocycles. The molecule has 0 aliphatic carbocycles. The van der Waals surface area contributed by atoms with Gasteiger partial charge in [-0.15, -0.1) is 0 Å². The van der Waals surface area contributed by atoms with E-state index in [1.165, 1.54) is 0 Å². The van der Waals surface area contributed by atoms with Gasteiger partial charge in [0.25, 0.3) is 5.91 Å². The number of nitrogens with zero attached hydrogens (tertiary/aromatic N) is 1. The van der Waals surface area contributed by atoms with Crippen LogP contribution in [-0.2, 0) is 11.3 Å². The molecule has 1 N–H and O–H groups in total. The fourth-order valence-corrected chi connectivity index (χ4v) is 2.09. The van der Waals surface area contributed by atoms with Crippen LogP contribution in [0.2, 0.25) is 0 Å². The van der Waals surface area contributed by atoms with Crippen LogP contribution < -0.4 is 5.32 Å². The lowest BCUT2D eigenvalue weighted by Gasteiger charge is -2.27. The summed E-state index contributed by atoms with van der Waals surface area (Å²) < 4.78 is 5.27. The standard InChI is InChI=1S/C15H22N2O2/c1-12(2)16-11-13-4-3-5-14(10-13)15(18)17-6-8-19-9-7-17/h3-5,10,12,16H,6-9,11H2,1-2H3. The molecule has 1 heterocycles. The predicted octanol–water partition coefficient (Wildman–Crippen LogP) is 1.66. The van der Waals surface area contributed by atoms with Crippen molar-refractivity contribution in [2.75, 3.05) is 26.3 Å². The van der Waals surface area contributed by atoms with Gasteiger partial charge in [-0.2, -0.15) is 0 Å². The van der Waals surface area contributed by atoms with Gasteiger partial charge in [-0.1, -0.05) is 26.0 Å². The van der Waals surface area contributed by atoms with Crippen molar-refractivity contribution in [2.24, 2.45) is 0 Å². The van der Waals surface area contributed by atoms with E-state index in [1.54, 1.807) is 0 Å². The molecule has 2 rings (SSSR count). The molecule has 1 aliphatic rings. The summed E-state index contributed by atoms with van der Waals surface area (Å²) in [6.45, 7) is 7.68. The average Bonchev–Trinajstić information content (AvgIpc) is 2.45. The number of rotatable bonds is 4. The molecular formula is C15H22N2O2. The molecule has 104 valence electrons. The highest BCUT2D eigenvalue weighted by molar-refractivity contribution is 5.94. The number of amides is 1. The number of carbonyl (C=O) groups excluding carboxylic acids is 1. The van der Waals surface area contributed by atoms with E-state index in [4.69, 9.17) is 4.74 Å². The van der Waals surface area contributed by atoms with Crippen molar-refractivity contribution < 1.29 is 9.53 Å². The van der Waals surface area contributed by atoms with E-state index in [2.05, 4.69) is 19.2 Å². The molecule has 1 aliphatic heterocycles. The fourth-order valence-electron chi connectivity index (χ4n) is 2.09. The third-order valence-electron chi connectivity index (χ3n) is 3.19. The lowest BCUT2D eigenvalue weighted by Crippen LogP contribution is -2.40. The second kappa shape index (κ2) is 6.68. The van der Waals surface area contributed by atoms with Crippen LogP contribution in [0.4, 0.5) is 0 Å². The number of hydrogen-bond donors (Lipinski definition) is 1. The quantitative estimate of drug-likeness (QED) is 0.897. The first kappa shape index (κ1) is 14.0. The number of nitrogens with one attached hydrogen (secondary N) is 1. The van der Waals surface area contributed by atoms with Crippen LogP contribution in [-0.4, -0.2) is 43.2 Å². The van der Waals surface area contributed by atoms with E-state index in [-0.39, 0.29) is 5.91 Å². The zero-order valence-electron chi connectivity index (χ0n) is 11.7. The molecule has 1 fully saturated rings. The first-order chi connectivity index (χ1) is 9.16. The van der Waals surface area contributed by atoms with Gasteiger partial charge < -0.3 is 15.0 Å². The zero-order valence-corrected chi connectivity index (χ0v) is 11.7. The molecular weight excluding hydrogens is 240 g/mol. The van der Waals surface area contributed by atoms with Gasteiger partial charge in [0.15, 0.2) is 0 Å². The molecule has 1 aromatic rings. The zero-order chi connectivity index (χ0) is 13.7. The van der Waals surface area contributed by atoms with E-state index in [0.717, 1.165) is 17.7 Å². The number of benzene rings is 1. The second-order valence-electron chi connectivity index (χ2n) is 5.14. The summed E-state index contributed by atoms with van der Waals surface area (Å²) in [6.07, 6.45) is 0. The first-order valence-electron chi connectivity index (χ1n) is 6.86. The second-order valence-corrected chi connectivity index (χ2v) is 5.14. The molecule has 0 radical (unpaired) electrons. The Bertz CT molecular complexity index is 426. The molecule has 1 saturated heterocycles. The lowest BCUT2D eigenvalue weighted by atomic mass is 10.1. The minimum absolute atomic E-state index is 0.106. The van der Waals surface area contributed by atoms with Crippen molar-refractivity contribution in [3.8, 4) is 0 Å². The smallest absolute Gasteiger partial charge is 0.254 e. The topological polar surface area (TPSA) is 41.6 Å². The van der Waals surface area contributed by atoms with Crippen molar-refractivity contribution >= 4 is 5.91 Å². The van der Waals surface area contributed by atoms with Crippen molar-refractivity contribution in [3.63, 3.8) is 0 Å². The molecule has 4 heteroatoms. The summed E-state index contributed by atoms with van der Waals surface area (Å²) in [5, 5.41) is 3.36. The molecule has 0 aromatic heterocycles. The predicted molar refractivity (Wildman–Crippen MR) is 75.1 cm³/mol. The van der Waals surface area contributed by atoms with Crippen LogP contribution in [0.15, 0.2) is 24.3 Å². The molecule has 1 amide bonds. The Kier molecular flexibility index (Phi) is 4.93. The van der Waals surface area contributed by atoms with Gasteiger partial charge >= 0.3 is 0 Å². The van der Waals surface area contributed by atoms with Gasteiger partial charge in [0.05, 0.1) is 13.2 Å². The largest absolute Gasteiger partial charge is 0.378 e. The number of carbonyl (C=O) groups is 1. The van der Waals surface area contributed by atoms with Crippen LogP contribution in [0.25, 0.3) is 0 Å². The summed E-state index contributed by atoms with van der Waals surface area (Å²) in [7, 11) is 0. The monoisotopic (exact) mass is 262 g/mol. The Morgan fingerprint density at radius 1 is 1.37 bits per heavy atom. The Labute approximate surface area is 114 Å². The van der Waals surface area contributed by atoms with E-state index >= 15 is 0 Å². The van der Waals surface area contributed by atoms with Crippen molar-refractivity contribution in [3.05, 3.63) is 35.4 Å². The van der Waals surface area contributed by atoms with Gasteiger partial charge in [-0.3, -0.25) is 4.79 Å². The highest BCUT2D eigenvalue weighted by atomic mass is 16.5. The van der Waals surface area contributed by atoms with Crippen LogP contribution in [0.3, 0.4) is 0 Å². The third-order valence-corrected chi connectivity index (χ3v) is 3.19. The Balaban J connectivity index is 2.02. The van der Waals surface area contributed by atoms with Crippen LogP contribution >= 0.6 is 0 Å². The first-order valence-corrected chi connectivity index (χ1v) is 6.86. The summed E-state index contributed by atoms with van der Waals surface area (Å²) >= 11 is 0. The number of morpholine rings is 1. The average molecular weight is 262 g/mol. The lowest BCUT2D eigenvalue weighted by molar-refractivity contribution is 0.0303. The van der Waals surface area contributed by atoms with E-state index in [0.29, 0.717) is 32.3 Å². The van der Waals surface area contributed by atoms with Crippen molar-refractivity contribution in [1.82, 2.24) is 10.2 Å². The molecule has 19 heavy (non-hydrogen) atoms. The Morgan fingerprint density at radius 3 is 2.79 bits per heavy atom. The van der Waals surface area contributed by atoms with Crippen molar-refractivity contribution in [2.45, 2.75) is 26.4 Å². The van der Waals surface area contributed by atoms with Gasteiger partial charge in [-0.05, 0) is 17.7 Å². The number of ether oxygens (including phenoxy) is 1. The molecule has 0 unspecified atom stereocenters. The third kappa shape index (κ3) is 4.04. The summed E-state index contributed by atoms with van der Waals surface area (Å²) in [5.74, 6) is 0.106. The van der Waals surface area contributed by atoms with Crippen molar-refractivity contribution in [1.29, 1.82) is 0 Å². The van der Waals surface area contributed by atoms with E-state index in [1.807, 2.05) is 29.2 Å². The normalized spacial score (nSPS) is 15.8. The van der Waals surface area contributed by atoms with Gasteiger partial charge in [0, 0.05) is 31.2 Å². The molecule has 0 atom stereocenters. The maximum absolute atomic E-state index is 12.3. The van der Waals surface area contributed by atoms with Gasteiger partial charge in [0.2, 0.25) is 0 Å². The summed E-state index contributed by atoms with van der Waals surface area (Å²) in [4.78, 5) is 14.2. The van der Waals surface area contributed by atoms with Gasteiger partial charge in [0.1, 0.15) is 0 Å². The SMILES string of the molecule is CC(C)NCc1cccc(C(=O)N2CCOCC2)c1. The molecule has 0 bridgehead atoms. The molecule has 0 spiro atoms. The minimum Gasteiger partial charge on any atom is -0.378 e. The highest BCUT2D eigenvalue weighted by Crippen LogP contribution is 2.10. The van der Waals surface area contributed by atoms with Crippen LogP contribution in [0.5, 0.6) is 0 Å². The maximum Gasteiger partial charge on any atom is 0.254 e. The summed E-state index contributed by atoms with van der Waals surface area (Å²) in [5.41, 5.74) is 1.91. The number of hydrogen-bond acceptors (Lipinski definition) is 3. The fraction of sp³-hybridized carbons (Fsp3) is 0.533. The highest BCUT2D eigenvalue weighted by Gasteiger charge is 2.18.